The monoisotopic (exact) mass is 293 g/mol. The molecule has 0 saturated carbocycles. The van der Waals surface area contributed by atoms with Crippen LogP contribution in [0.5, 0.6) is 0 Å². The van der Waals surface area contributed by atoms with Gasteiger partial charge in [0, 0.05) is 19.1 Å². The van der Waals surface area contributed by atoms with Crippen LogP contribution in [0.3, 0.4) is 0 Å². The Morgan fingerprint density at radius 1 is 1.45 bits per heavy atom. The van der Waals surface area contributed by atoms with Crippen LogP contribution < -0.4 is 10.6 Å². The van der Waals surface area contributed by atoms with Gasteiger partial charge in [0.25, 0.3) is 0 Å². The lowest BCUT2D eigenvalue weighted by Gasteiger charge is -2.38. The molecule has 0 aliphatic carbocycles. The van der Waals surface area contributed by atoms with Gasteiger partial charge in [-0.25, -0.2) is 0 Å². The van der Waals surface area contributed by atoms with Crippen molar-refractivity contribution in [2.75, 3.05) is 33.2 Å². The van der Waals surface area contributed by atoms with Crippen molar-refractivity contribution in [2.24, 2.45) is 11.3 Å². The molecule has 2 aliphatic rings. The quantitative estimate of drug-likeness (QED) is 0.798. The molecule has 2 heterocycles. The van der Waals surface area contributed by atoms with Crippen molar-refractivity contribution in [1.82, 2.24) is 15.5 Å². The van der Waals surface area contributed by atoms with E-state index in [-0.39, 0.29) is 31.5 Å². The Labute approximate surface area is 117 Å². The number of hydrogen-bond acceptors (Lipinski definition) is 3. The molecule has 0 radical (unpaired) electrons. The Bertz CT molecular complexity index is 366. The van der Waals surface area contributed by atoms with E-state index in [2.05, 4.69) is 15.5 Å². The van der Waals surface area contributed by atoms with Crippen LogP contribution in [0.25, 0.3) is 0 Å². The second kappa shape index (κ2) is 5.52. The number of carbonyl (C=O) groups is 1. The predicted molar refractivity (Wildman–Crippen MR) is 69.2 cm³/mol. The second-order valence-corrected chi connectivity index (χ2v) is 6.11. The summed E-state index contributed by atoms with van der Waals surface area (Å²) in [5, 5.41) is 5.32. The van der Waals surface area contributed by atoms with Gasteiger partial charge in [0.05, 0.1) is 0 Å². The first-order chi connectivity index (χ1) is 9.26. The Morgan fingerprint density at radius 3 is 2.65 bits per heavy atom. The maximum Gasteiger partial charge on any atom is 0.404 e. The van der Waals surface area contributed by atoms with E-state index in [9.17, 15) is 18.0 Å². The Morgan fingerprint density at radius 2 is 2.15 bits per heavy atom. The first-order valence-electron chi connectivity index (χ1n) is 7.03. The van der Waals surface area contributed by atoms with Crippen molar-refractivity contribution in [3.8, 4) is 0 Å². The zero-order valence-electron chi connectivity index (χ0n) is 11.9. The molecule has 116 valence electrons. The number of nitrogens with one attached hydrogen (secondary N) is 2. The molecular formula is C13H22F3N3O. The highest BCUT2D eigenvalue weighted by molar-refractivity contribution is 5.84. The molecule has 2 N–H and O–H groups in total. The SMILES string of the molecule is CC1CN(C)CCC1NC(=O)C1(C(F)(F)F)CCNC1. The molecule has 3 unspecified atom stereocenters. The summed E-state index contributed by atoms with van der Waals surface area (Å²) in [6, 6.07) is -0.168. The number of alkyl halides is 3. The van der Waals surface area contributed by atoms with Gasteiger partial charge >= 0.3 is 6.18 Å². The number of carbonyl (C=O) groups excluding carboxylic acids is 1. The van der Waals surface area contributed by atoms with Gasteiger partial charge in [-0.05, 0) is 38.9 Å². The van der Waals surface area contributed by atoms with Gasteiger partial charge in [0.2, 0.25) is 5.91 Å². The van der Waals surface area contributed by atoms with Crippen molar-refractivity contribution >= 4 is 5.91 Å². The van der Waals surface area contributed by atoms with E-state index in [1.165, 1.54) is 0 Å². The Balaban J connectivity index is 2.06. The summed E-state index contributed by atoms with van der Waals surface area (Å²) in [4.78, 5) is 14.4. The van der Waals surface area contributed by atoms with E-state index in [1.807, 2.05) is 14.0 Å². The third-order valence-electron chi connectivity index (χ3n) is 4.56. The van der Waals surface area contributed by atoms with Gasteiger partial charge in [-0.3, -0.25) is 4.79 Å². The summed E-state index contributed by atoms with van der Waals surface area (Å²) in [6.07, 6.45) is -3.98. The minimum absolute atomic E-state index is 0.164. The maximum absolute atomic E-state index is 13.3. The fourth-order valence-corrected chi connectivity index (χ4v) is 3.13. The molecule has 2 rings (SSSR count). The van der Waals surface area contributed by atoms with E-state index in [0.29, 0.717) is 6.42 Å². The summed E-state index contributed by atoms with van der Waals surface area (Å²) in [5.74, 6) is -0.700. The third kappa shape index (κ3) is 2.79. The molecule has 1 amide bonds. The molecule has 0 aromatic heterocycles. The van der Waals surface area contributed by atoms with Crippen LogP contribution in [0.4, 0.5) is 13.2 Å². The summed E-state index contributed by atoms with van der Waals surface area (Å²) in [5.41, 5.74) is -2.25. The van der Waals surface area contributed by atoms with Crippen LogP contribution in [0, 0.1) is 11.3 Å². The van der Waals surface area contributed by atoms with Crippen LogP contribution in [-0.2, 0) is 4.79 Å². The van der Waals surface area contributed by atoms with Crippen molar-refractivity contribution in [3.63, 3.8) is 0 Å². The van der Waals surface area contributed by atoms with Gasteiger partial charge < -0.3 is 15.5 Å². The number of piperidine rings is 1. The summed E-state index contributed by atoms with van der Waals surface area (Å²) < 4.78 is 39.8. The Kier molecular flexibility index (Phi) is 4.30. The molecule has 0 aromatic rings. The lowest BCUT2D eigenvalue weighted by molar-refractivity contribution is -0.216. The average Bonchev–Trinajstić information content (AvgIpc) is 2.82. The number of likely N-dealkylation sites (tertiary alicyclic amines) is 1. The fourth-order valence-electron chi connectivity index (χ4n) is 3.13. The van der Waals surface area contributed by atoms with Crippen LogP contribution in [0.1, 0.15) is 19.8 Å². The number of halogens is 3. The number of nitrogens with zero attached hydrogens (tertiary/aromatic N) is 1. The number of amides is 1. The highest BCUT2D eigenvalue weighted by Gasteiger charge is 2.61. The third-order valence-corrected chi connectivity index (χ3v) is 4.56. The Hall–Kier alpha value is -0.820. The molecule has 7 heteroatoms. The fraction of sp³-hybridized carbons (Fsp3) is 0.923. The van der Waals surface area contributed by atoms with Crippen LogP contribution in [-0.4, -0.2) is 56.3 Å². The molecule has 0 aromatic carbocycles. The minimum atomic E-state index is -4.50. The van der Waals surface area contributed by atoms with Gasteiger partial charge in [-0.2, -0.15) is 13.2 Å². The lowest BCUT2D eigenvalue weighted by atomic mass is 9.84. The zero-order chi connectivity index (χ0) is 15.0. The molecule has 0 spiro atoms. The standard InChI is InChI=1S/C13H22F3N3O/c1-9-7-19(2)6-3-10(9)18-11(20)12(13(14,15)16)4-5-17-8-12/h9-10,17H,3-8H2,1-2H3,(H,18,20). The highest BCUT2D eigenvalue weighted by Crippen LogP contribution is 2.43. The maximum atomic E-state index is 13.3. The second-order valence-electron chi connectivity index (χ2n) is 6.11. The molecule has 20 heavy (non-hydrogen) atoms. The molecular weight excluding hydrogens is 271 g/mol. The first-order valence-corrected chi connectivity index (χ1v) is 7.03. The van der Waals surface area contributed by atoms with E-state index >= 15 is 0 Å². The van der Waals surface area contributed by atoms with Crippen LogP contribution in [0.15, 0.2) is 0 Å². The number of rotatable bonds is 2. The van der Waals surface area contributed by atoms with Gasteiger partial charge in [-0.15, -0.1) is 0 Å². The van der Waals surface area contributed by atoms with Crippen molar-refractivity contribution < 1.29 is 18.0 Å². The average molecular weight is 293 g/mol. The first kappa shape index (κ1) is 15.6. The molecule has 2 aliphatic heterocycles. The normalized spacial score (nSPS) is 36.0. The van der Waals surface area contributed by atoms with Crippen molar-refractivity contribution in [1.29, 1.82) is 0 Å². The minimum Gasteiger partial charge on any atom is -0.352 e. The van der Waals surface area contributed by atoms with E-state index in [1.54, 1.807) is 0 Å². The smallest absolute Gasteiger partial charge is 0.352 e. The van der Waals surface area contributed by atoms with E-state index in [4.69, 9.17) is 0 Å². The van der Waals surface area contributed by atoms with Crippen molar-refractivity contribution in [3.05, 3.63) is 0 Å². The van der Waals surface area contributed by atoms with Gasteiger partial charge in [-0.1, -0.05) is 6.92 Å². The lowest BCUT2D eigenvalue weighted by Crippen LogP contribution is -2.57. The number of hydrogen-bond donors (Lipinski definition) is 2. The van der Waals surface area contributed by atoms with E-state index < -0.39 is 17.5 Å². The molecule has 4 nitrogen and oxygen atoms in total. The predicted octanol–water partition coefficient (Wildman–Crippen LogP) is 0.985. The molecule has 2 saturated heterocycles. The molecule has 3 atom stereocenters. The topological polar surface area (TPSA) is 44.4 Å². The van der Waals surface area contributed by atoms with Crippen molar-refractivity contribution in [2.45, 2.75) is 32.0 Å². The molecule has 2 fully saturated rings. The van der Waals surface area contributed by atoms with Gasteiger partial charge in [0.1, 0.15) is 0 Å². The van der Waals surface area contributed by atoms with E-state index in [0.717, 1.165) is 13.1 Å². The largest absolute Gasteiger partial charge is 0.404 e. The highest BCUT2D eigenvalue weighted by atomic mass is 19.4. The van der Waals surface area contributed by atoms with Crippen LogP contribution in [0.2, 0.25) is 0 Å². The zero-order valence-corrected chi connectivity index (χ0v) is 11.9. The van der Waals surface area contributed by atoms with Gasteiger partial charge in [0.15, 0.2) is 5.41 Å². The summed E-state index contributed by atoms with van der Waals surface area (Å²) >= 11 is 0. The summed E-state index contributed by atoms with van der Waals surface area (Å²) in [6.45, 7) is 3.47. The molecule has 0 bridgehead atoms. The van der Waals surface area contributed by atoms with Crippen LogP contribution >= 0.6 is 0 Å². The summed E-state index contributed by atoms with van der Waals surface area (Å²) in [7, 11) is 1.98.